The molecule has 0 saturated carbocycles. The van der Waals surface area contributed by atoms with Crippen LogP contribution in [0.4, 0.5) is 0 Å². The van der Waals surface area contributed by atoms with Crippen molar-refractivity contribution in [3.63, 3.8) is 0 Å². The fraction of sp³-hybridized carbons (Fsp3) is 0.240. The van der Waals surface area contributed by atoms with E-state index in [1.165, 1.54) is 6.07 Å². The molecule has 32 heavy (non-hydrogen) atoms. The Morgan fingerprint density at radius 1 is 0.875 bits per heavy atom. The Morgan fingerprint density at radius 3 is 2.25 bits per heavy atom. The molecule has 7 heteroatoms. The average molecular weight is 445 g/mol. The second-order valence-electron chi connectivity index (χ2n) is 9.09. The van der Waals surface area contributed by atoms with Gasteiger partial charge in [0.25, 0.3) is 5.56 Å². The van der Waals surface area contributed by atoms with E-state index >= 15 is 0 Å². The van der Waals surface area contributed by atoms with Gasteiger partial charge in [0.05, 0.1) is 17.0 Å². The van der Waals surface area contributed by atoms with Gasteiger partial charge in [0, 0.05) is 17.2 Å². The number of hydrogen-bond donors (Lipinski definition) is 2. The number of aromatic amines is 2. The molecule has 2 N–H and O–H groups in total. The zero-order valence-corrected chi connectivity index (χ0v) is 20.2. The highest BCUT2D eigenvalue weighted by atomic mass is 28.3. The Hall–Kier alpha value is -3.45. The summed E-state index contributed by atoms with van der Waals surface area (Å²) in [5.74, 6) is 0.874. The molecule has 0 spiro atoms. The van der Waals surface area contributed by atoms with Crippen molar-refractivity contribution in [2.24, 2.45) is 0 Å². The lowest BCUT2D eigenvalue weighted by Gasteiger charge is -2.26. The van der Waals surface area contributed by atoms with E-state index in [0.29, 0.717) is 5.69 Å². The van der Waals surface area contributed by atoms with Crippen molar-refractivity contribution < 1.29 is 4.43 Å². The number of para-hydroxylation sites is 1. The molecule has 0 fully saturated rings. The van der Waals surface area contributed by atoms with E-state index in [1.807, 2.05) is 42.5 Å². The van der Waals surface area contributed by atoms with Crippen LogP contribution in [-0.4, -0.2) is 29.4 Å². The van der Waals surface area contributed by atoms with Gasteiger partial charge in [0.2, 0.25) is 9.04 Å². The molecule has 0 unspecified atom stereocenters. The Labute approximate surface area is 189 Å². The third-order valence-corrected chi connectivity index (χ3v) is 5.90. The third kappa shape index (κ3) is 4.29. The Kier molecular flexibility index (Phi) is 5.84. The van der Waals surface area contributed by atoms with Crippen molar-refractivity contribution >= 4 is 9.04 Å². The standard InChI is InChI=1S/C25H28N4O2Si/c1-25(2,3)18-13-9-12-17(24(18)31-32(4)5)23-21(19-14-15-20(30)27-26-19)22(28-29-23)16-10-7-6-8-11-16/h6-15,32H,1-5H3,(H,27,30)(H,28,29). The van der Waals surface area contributed by atoms with Gasteiger partial charge in [0.1, 0.15) is 11.4 Å². The van der Waals surface area contributed by atoms with Crippen LogP contribution < -0.4 is 9.99 Å². The van der Waals surface area contributed by atoms with Gasteiger partial charge < -0.3 is 4.43 Å². The summed E-state index contributed by atoms with van der Waals surface area (Å²) in [7, 11) is -1.40. The first-order chi connectivity index (χ1) is 15.3. The van der Waals surface area contributed by atoms with E-state index in [0.717, 1.165) is 39.4 Å². The number of rotatable bonds is 5. The van der Waals surface area contributed by atoms with Crippen LogP contribution in [0.5, 0.6) is 5.75 Å². The average Bonchev–Trinajstić information content (AvgIpc) is 3.19. The van der Waals surface area contributed by atoms with E-state index in [2.05, 4.69) is 55.2 Å². The summed E-state index contributed by atoms with van der Waals surface area (Å²) in [5, 5.41) is 14.8. The molecule has 2 heterocycles. The third-order valence-electron chi connectivity index (χ3n) is 5.20. The predicted octanol–water partition coefficient (Wildman–Crippen LogP) is 5.15. The van der Waals surface area contributed by atoms with Gasteiger partial charge in [-0.05, 0) is 36.2 Å². The van der Waals surface area contributed by atoms with Gasteiger partial charge in [-0.1, -0.05) is 63.2 Å². The van der Waals surface area contributed by atoms with Gasteiger partial charge in [-0.25, -0.2) is 5.10 Å². The van der Waals surface area contributed by atoms with Crippen LogP contribution in [0, 0.1) is 0 Å². The highest BCUT2D eigenvalue weighted by Gasteiger charge is 2.27. The fourth-order valence-electron chi connectivity index (χ4n) is 3.76. The molecule has 0 bridgehead atoms. The molecule has 0 atom stereocenters. The van der Waals surface area contributed by atoms with Gasteiger partial charge in [-0.3, -0.25) is 9.89 Å². The summed E-state index contributed by atoms with van der Waals surface area (Å²) in [5.41, 5.74) is 5.76. The molecule has 6 nitrogen and oxygen atoms in total. The SMILES string of the molecule is C[SiH](C)Oc1c(-c2n[nH]c(-c3ccccc3)c2-c2ccc(=O)[nH]n2)cccc1C(C)(C)C. The molecule has 164 valence electrons. The lowest BCUT2D eigenvalue weighted by molar-refractivity contribution is 0.522. The van der Waals surface area contributed by atoms with Gasteiger partial charge in [0.15, 0.2) is 0 Å². The minimum atomic E-state index is -1.40. The van der Waals surface area contributed by atoms with E-state index in [1.54, 1.807) is 6.07 Å². The molecule has 0 aliphatic rings. The normalized spacial score (nSPS) is 11.7. The van der Waals surface area contributed by atoms with Crippen LogP contribution in [0.2, 0.25) is 13.1 Å². The molecule has 0 aliphatic heterocycles. The monoisotopic (exact) mass is 444 g/mol. The smallest absolute Gasteiger partial charge is 0.264 e. The Bertz CT molecular complexity index is 1270. The maximum Gasteiger partial charge on any atom is 0.264 e. The molecule has 2 aromatic heterocycles. The molecular formula is C25H28N4O2Si. The first-order valence-electron chi connectivity index (χ1n) is 10.8. The first-order valence-corrected chi connectivity index (χ1v) is 13.5. The molecule has 4 aromatic rings. The van der Waals surface area contributed by atoms with E-state index in [-0.39, 0.29) is 11.0 Å². The number of benzene rings is 2. The number of aromatic nitrogens is 4. The molecule has 4 rings (SSSR count). The quantitative estimate of drug-likeness (QED) is 0.417. The second kappa shape index (κ2) is 8.59. The summed E-state index contributed by atoms with van der Waals surface area (Å²) < 4.78 is 6.49. The van der Waals surface area contributed by atoms with Crippen molar-refractivity contribution in [1.82, 2.24) is 20.4 Å². The summed E-state index contributed by atoms with van der Waals surface area (Å²) in [6, 6.07) is 19.4. The minimum absolute atomic E-state index is 0.0937. The number of nitrogens with zero attached hydrogens (tertiary/aromatic N) is 2. The zero-order valence-electron chi connectivity index (χ0n) is 19.1. The van der Waals surface area contributed by atoms with Crippen LogP contribution >= 0.6 is 0 Å². The largest absolute Gasteiger partial charge is 0.546 e. The second-order valence-corrected chi connectivity index (χ2v) is 11.4. The van der Waals surface area contributed by atoms with E-state index in [9.17, 15) is 4.79 Å². The van der Waals surface area contributed by atoms with Crippen LogP contribution in [0.1, 0.15) is 26.3 Å². The highest BCUT2D eigenvalue weighted by molar-refractivity contribution is 6.49. The number of hydrogen-bond acceptors (Lipinski definition) is 4. The maximum atomic E-state index is 11.7. The number of nitrogens with one attached hydrogen (secondary N) is 2. The van der Waals surface area contributed by atoms with Gasteiger partial charge in [-0.2, -0.15) is 10.2 Å². The first kappa shape index (κ1) is 21.8. The lowest BCUT2D eigenvalue weighted by atomic mass is 9.84. The van der Waals surface area contributed by atoms with Crippen molar-refractivity contribution in [2.45, 2.75) is 39.3 Å². The van der Waals surface area contributed by atoms with E-state index < -0.39 is 9.04 Å². The zero-order chi connectivity index (χ0) is 22.9. The van der Waals surface area contributed by atoms with Gasteiger partial charge >= 0.3 is 0 Å². The predicted molar refractivity (Wildman–Crippen MR) is 132 cm³/mol. The lowest BCUT2D eigenvalue weighted by Crippen LogP contribution is -2.19. The fourth-order valence-corrected chi connectivity index (χ4v) is 4.49. The van der Waals surface area contributed by atoms with Crippen molar-refractivity contribution in [3.05, 3.63) is 76.6 Å². The highest BCUT2D eigenvalue weighted by Crippen LogP contribution is 2.44. The van der Waals surface area contributed by atoms with Crippen LogP contribution in [0.25, 0.3) is 33.8 Å². The molecule has 0 radical (unpaired) electrons. The van der Waals surface area contributed by atoms with Crippen molar-refractivity contribution in [2.75, 3.05) is 0 Å². The molecule has 0 aliphatic carbocycles. The van der Waals surface area contributed by atoms with Crippen LogP contribution in [0.3, 0.4) is 0 Å². The summed E-state index contributed by atoms with van der Waals surface area (Å²) >= 11 is 0. The van der Waals surface area contributed by atoms with Crippen LogP contribution in [0.15, 0.2) is 65.5 Å². The molecule has 0 amide bonds. The topological polar surface area (TPSA) is 83.7 Å². The van der Waals surface area contributed by atoms with Crippen molar-refractivity contribution in [3.8, 4) is 39.5 Å². The Balaban J connectivity index is 2.02. The van der Waals surface area contributed by atoms with E-state index in [4.69, 9.17) is 9.52 Å². The van der Waals surface area contributed by atoms with Crippen LogP contribution in [-0.2, 0) is 5.41 Å². The molecular weight excluding hydrogens is 416 g/mol. The van der Waals surface area contributed by atoms with Gasteiger partial charge in [-0.15, -0.1) is 0 Å². The minimum Gasteiger partial charge on any atom is -0.546 e. The van der Waals surface area contributed by atoms with Crippen molar-refractivity contribution in [1.29, 1.82) is 0 Å². The summed E-state index contributed by atoms with van der Waals surface area (Å²) in [4.78, 5) is 11.7. The number of H-pyrrole nitrogens is 2. The summed E-state index contributed by atoms with van der Waals surface area (Å²) in [6.45, 7) is 10.9. The Morgan fingerprint density at radius 2 is 1.62 bits per heavy atom. The summed E-state index contributed by atoms with van der Waals surface area (Å²) in [6.07, 6.45) is 0. The maximum absolute atomic E-state index is 11.7. The molecule has 0 saturated heterocycles. The molecule has 2 aromatic carbocycles.